The maximum atomic E-state index is 12.7. The van der Waals surface area contributed by atoms with Gasteiger partial charge in [0.1, 0.15) is 27.9 Å². The number of anilines is 1. The number of carbonyl (C=O) groups excluding carboxylic acids is 1. The molecule has 0 saturated heterocycles. The van der Waals surface area contributed by atoms with Gasteiger partial charge in [-0.3, -0.25) is 0 Å². The minimum Gasteiger partial charge on any atom is -0.506 e. The van der Waals surface area contributed by atoms with Crippen molar-refractivity contribution in [3.05, 3.63) is 64.3 Å². The summed E-state index contributed by atoms with van der Waals surface area (Å²) in [6, 6.07) is 13.1. The first-order chi connectivity index (χ1) is 16.4. The molecule has 0 atom stereocenters. The van der Waals surface area contributed by atoms with Crippen LogP contribution in [0.3, 0.4) is 0 Å². The second-order valence-electron chi connectivity index (χ2n) is 7.27. The van der Waals surface area contributed by atoms with Crippen LogP contribution >= 0.6 is 11.8 Å². The Morgan fingerprint density at radius 3 is 2.35 bits per heavy atom. The normalized spacial score (nSPS) is 15.7. The highest BCUT2D eigenvalue weighted by atomic mass is 32.2. The second-order valence-corrected chi connectivity index (χ2v) is 8.30. The largest absolute Gasteiger partial charge is 0.506 e. The summed E-state index contributed by atoms with van der Waals surface area (Å²) in [5, 5.41) is 11.3. The lowest BCUT2D eigenvalue weighted by Gasteiger charge is -2.22. The highest BCUT2D eigenvalue weighted by Gasteiger charge is 2.33. The highest BCUT2D eigenvalue weighted by Crippen LogP contribution is 2.41. The Morgan fingerprint density at radius 1 is 1.06 bits per heavy atom. The summed E-state index contributed by atoms with van der Waals surface area (Å²) < 4.78 is 16.0. The van der Waals surface area contributed by atoms with Gasteiger partial charge in [-0.25, -0.2) is 9.79 Å². The number of ether oxygens (including phenoxy) is 3. The molecule has 2 aromatic carbocycles. The molecule has 8 heteroatoms. The average Bonchev–Trinajstić information content (AvgIpc) is 3.15. The molecular weight excluding hydrogens is 452 g/mol. The van der Waals surface area contributed by atoms with Crippen LogP contribution in [0.25, 0.3) is 6.08 Å². The SMILES string of the molecule is CCOC(=O)C1=C(O)C(=Cc2ccc(N(CC)CC)cc2OC)SC1=Nc1ccc(OC)cc1. The third kappa shape index (κ3) is 5.56. The van der Waals surface area contributed by atoms with Crippen LogP contribution in [0.15, 0.2) is 63.7 Å². The molecule has 0 amide bonds. The zero-order valence-electron chi connectivity index (χ0n) is 20.1. The van der Waals surface area contributed by atoms with Gasteiger partial charge < -0.3 is 24.2 Å². The maximum Gasteiger partial charge on any atom is 0.344 e. The molecule has 1 aliphatic rings. The molecule has 34 heavy (non-hydrogen) atoms. The van der Waals surface area contributed by atoms with Crippen molar-refractivity contribution in [2.45, 2.75) is 20.8 Å². The molecule has 0 spiro atoms. The van der Waals surface area contributed by atoms with E-state index < -0.39 is 5.97 Å². The molecule has 0 aromatic heterocycles. The van der Waals surface area contributed by atoms with Gasteiger partial charge in [-0.2, -0.15) is 0 Å². The predicted octanol–water partition coefficient (Wildman–Crippen LogP) is 5.74. The van der Waals surface area contributed by atoms with Crippen molar-refractivity contribution in [2.24, 2.45) is 4.99 Å². The number of methoxy groups -OCH3 is 2. The number of hydrogen-bond acceptors (Lipinski definition) is 8. The molecule has 0 fully saturated rings. The van der Waals surface area contributed by atoms with E-state index in [0.29, 0.717) is 27.1 Å². The fourth-order valence-electron chi connectivity index (χ4n) is 3.51. The third-order valence-electron chi connectivity index (χ3n) is 5.31. The summed E-state index contributed by atoms with van der Waals surface area (Å²) in [6.45, 7) is 7.88. The lowest BCUT2D eigenvalue weighted by Crippen LogP contribution is -2.21. The number of nitrogens with zero attached hydrogens (tertiary/aromatic N) is 2. The van der Waals surface area contributed by atoms with Crippen LogP contribution in [0.5, 0.6) is 11.5 Å². The van der Waals surface area contributed by atoms with E-state index in [1.807, 2.05) is 18.2 Å². The predicted molar refractivity (Wildman–Crippen MR) is 138 cm³/mol. The molecule has 0 aliphatic carbocycles. The molecule has 1 aliphatic heterocycles. The van der Waals surface area contributed by atoms with Gasteiger partial charge in [0.05, 0.1) is 31.4 Å². The Labute approximate surface area is 204 Å². The van der Waals surface area contributed by atoms with Gasteiger partial charge in [0.2, 0.25) is 0 Å². The summed E-state index contributed by atoms with van der Waals surface area (Å²) in [5.41, 5.74) is 2.51. The molecule has 180 valence electrons. The van der Waals surface area contributed by atoms with Crippen LogP contribution in [0.1, 0.15) is 26.3 Å². The molecular formula is C26H30N2O5S. The molecule has 7 nitrogen and oxygen atoms in total. The van der Waals surface area contributed by atoms with E-state index in [9.17, 15) is 9.90 Å². The van der Waals surface area contributed by atoms with Crippen LogP contribution < -0.4 is 14.4 Å². The van der Waals surface area contributed by atoms with E-state index in [1.54, 1.807) is 51.5 Å². The average molecular weight is 483 g/mol. The van der Waals surface area contributed by atoms with E-state index in [4.69, 9.17) is 14.2 Å². The Kier molecular flexibility index (Phi) is 8.65. The summed E-state index contributed by atoms with van der Waals surface area (Å²) in [5.74, 6) is 0.592. The van der Waals surface area contributed by atoms with E-state index in [2.05, 4.69) is 23.7 Å². The van der Waals surface area contributed by atoms with Crippen LogP contribution in [0.2, 0.25) is 0 Å². The van der Waals surface area contributed by atoms with Gasteiger partial charge in [-0.05, 0) is 63.2 Å². The number of esters is 1. The molecule has 1 N–H and O–H groups in total. The van der Waals surface area contributed by atoms with Crippen LogP contribution in [-0.4, -0.2) is 50.0 Å². The first kappa shape index (κ1) is 25.2. The number of rotatable bonds is 9. The Morgan fingerprint density at radius 2 is 1.76 bits per heavy atom. The minimum atomic E-state index is -0.619. The van der Waals surface area contributed by atoms with E-state index >= 15 is 0 Å². The number of hydrogen-bond donors (Lipinski definition) is 1. The van der Waals surface area contributed by atoms with E-state index in [0.717, 1.165) is 24.3 Å². The van der Waals surface area contributed by atoms with Crippen molar-refractivity contribution < 1.29 is 24.1 Å². The number of carbonyl (C=O) groups is 1. The van der Waals surface area contributed by atoms with Crippen molar-refractivity contribution in [1.29, 1.82) is 0 Å². The molecule has 0 unspecified atom stereocenters. The molecule has 2 aromatic rings. The summed E-state index contributed by atoms with van der Waals surface area (Å²) >= 11 is 1.21. The lowest BCUT2D eigenvalue weighted by atomic mass is 10.1. The Balaban J connectivity index is 2.03. The highest BCUT2D eigenvalue weighted by molar-refractivity contribution is 8.18. The summed E-state index contributed by atoms with van der Waals surface area (Å²) in [7, 11) is 3.20. The van der Waals surface area contributed by atoms with Crippen molar-refractivity contribution in [3.8, 4) is 11.5 Å². The number of thioether (sulfide) groups is 1. The first-order valence-electron chi connectivity index (χ1n) is 11.1. The van der Waals surface area contributed by atoms with Crippen molar-refractivity contribution in [3.63, 3.8) is 0 Å². The van der Waals surface area contributed by atoms with E-state index in [1.165, 1.54) is 11.8 Å². The van der Waals surface area contributed by atoms with Gasteiger partial charge in [0.15, 0.2) is 0 Å². The Bertz CT molecular complexity index is 1120. The monoisotopic (exact) mass is 482 g/mol. The second kappa shape index (κ2) is 11.7. The number of benzene rings is 2. The van der Waals surface area contributed by atoms with Crippen molar-refractivity contribution in [1.82, 2.24) is 0 Å². The quantitative estimate of drug-likeness (QED) is 0.456. The van der Waals surface area contributed by atoms with Gasteiger partial charge in [-0.15, -0.1) is 0 Å². The zero-order valence-corrected chi connectivity index (χ0v) is 20.9. The summed E-state index contributed by atoms with van der Waals surface area (Å²) in [4.78, 5) is 20.0. The zero-order chi connectivity index (χ0) is 24.7. The fraction of sp³-hybridized carbons (Fsp3) is 0.308. The van der Waals surface area contributed by atoms with E-state index in [-0.39, 0.29) is 17.9 Å². The maximum absolute atomic E-state index is 12.7. The smallest absolute Gasteiger partial charge is 0.344 e. The van der Waals surface area contributed by atoms with Crippen molar-refractivity contribution in [2.75, 3.05) is 38.8 Å². The third-order valence-corrected chi connectivity index (χ3v) is 6.33. The molecule has 0 radical (unpaired) electrons. The lowest BCUT2D eigenvalue weighted by molar-refractivity contribution is -0.138. The summed E-state index contributed by atoms with van der Waals surface area (Å²) in [6.07, 6.45) is 1.79. The van der Waals surface area contributed by atoms with Gasteiger partial charge in [-0.1, -0.05) is 11.8 Å². The Hall–Kier alpha value is -3.39. The van der Waals surface area contributed by atoms with Gasteiger partial charge >= 0.3 is 5.97 Å². The first-order valence-corrected chi connectivity index (χ1v) is 11.9. The minimum absolute atomic E-state index is 0.0487. The van der Waals surface area contributed by atoms with Crippen molar-refractivity contribution >= 4 is 40.2 Å². The number of aliphatic imine (C=N–C) groups is 1. The topological polar surface area (TPSA) is 80.6 Å². The molecule has 3 rings (SSSR count). The van der Waals surface area contributed by atoms with Crippen LogP contribution in [-0.2, 0) is 9.53 Å². The van der Waals surface area contributed by atoms with Gasteiger partial charge in [0, 0.05) is 30.4 Å². The standard InChI is InChI=1S/C26H30N2O5S/c1-6-28(7-2)19-12-9-17(21(16-19)32-5)15-22-24(29)23(26(30)33-8-3)25(34-22)27-18-10-13-20(31-4)14-11-18/h9-16,29H,6-8H2,1-5H3. The molecule has 0 saturated carbocycles. The van der Waals surface area contributed by atoms with Crippen LogP contribution in [0, 0.1) is 0 Å². The molecule has 0 bridgehead atoms. The van der Waals surface area contributed by atoms with Gasteiger partial charge in [0.25, 0.3) is 0 Å². The number of aliphatic hydroxyl groups is 1. The van der Waals surface area contributed by atoms with Crippen LogP contribution in [0.4, 0.5) is 11.4 Å². The fourth-order valence-corrected chi connectivity index (χ4v) is 4.54. The molecule has 1 heterocycles. The number of aliphatic hydroxyl groups excluding tert-OH is 1.